The number of carbonyl (C=O) groups excluding carboxylic acids is 1. The van der Waals surface area contributed by atoms with Crippen molar-refractivity contribution in [2.45, 2.75) is 38.7 Å². The summed E-state index contributed by atoms with van der Waals surface area (Å²) in [5.41, 5.74) is 0.000784. The predicted molar refractivity (Wildman–Crippen MR) is 74.9 cm³/mol. The standard InChI is InChI=1S/C14H17ClFNO3/c1-2-19-14(18)17-12-8-13(10(15)7-11(12)16)20-9-5-3-4-6-9/h7-9H,2-6H2,1H3,(H,17,18). The van der Waals surface area contributed by atoms with E-state index in [9.17, 15) is 9.18 Å². The summed E-state index contributed by atoms with van der Waals surface area (Å²) in [6, 6.07) is 2.53. The molecular weight excluding hydrogens is 285 g/mol. The van der Waals surface area contributed by atoms with E-state index in [1.165, 1.54) is 6.07 Å². The number of amides is 1. The molecule has 1 aliphatic rings. The summed E-state index contributed by atoms with van der Waals surface area (Å²) in [6.07, 6.45) is 3.58. The van der Waals surface area contributed by atoms with Gasteiger partial charge in [0.1, 0.15) is 11.6 Å². The van der Waals surface area contributed by atoms with Crippen LogP contribution in [0.3, 0.4) is 0 Å². The first kappa shape index (κ1) is 14.9. The van der Waals surface area contributed by atoms with Crippen LogP contribution in [0.15, 0.2) is 12.1 Å². The lowest BCUT2D eigenvalue weighted by Crippen LogP contribution is -2.15. The summed E-state index contributed by atoms with van der Waals surface area (Å²) < 4.78 is 24.2. The van der Waals surface area contributed by atoms with E-state index in [4.69, 9.17) is 21.1 Å². The van der Waals surface area contributed by atoms with Gasteiger partial charge in [0.25, 0.3) is 0 Å². The van der Waals surface area contributed by atoms with Crippen molar-refractivity contribution in [3.05, 3.63) is 23.0 Å². The number of benzene rings is 1. The highest BCUT2D eigenvalue weighted by molar-refractivity contribution is 6.32. The second-order valence-electron chi connectivity index (χ2n) is 4.63. The molecule has 0 bridgehead atoms. The Morgan fingerprint density at radius 3 is 2.80 bits per heavy atom. The molecular formula is C14H17ClFNO3. The van der Waals surface area contributed by atoms with Gasteiger partial charge in [-0.25, -0.2) is 9.18 Å². The number of rotatable bonds is 4. The van der Waals surface area contributed by atoms with Gasteiger partial charge in [-0.1, -0.05) is 11.6 Å². The van der Waals surface area contributed by atoms with Crippen molar-refractivity contribution in [1.82, 2.24) is 0 Å². The second kappa shape index (κ2) is 6.79. The van der Waals surface area contributed by atoms with Crippen LogP contribution < -0.4 is 10.1 Å². The Morgan fingerprint density at radius 2 is 2.15 bits per heavy atom. The summed E-state index contributed by atoms with van der Waals surface area (Å²) in [4.78, 5) is 11.3. The maximum atomic E-state index is 13.7. The van der Waals surface area contributed by atoms with Crippen molar-refractivity contribution >= 4 is 23.4 Å². The quantitative estimate of drug-likeness (QED) is 0.898. The van der Waals surface area contributed by atoms with Crippen molar-refractivity contribution in [3.63, 3.8) is 0 Å². The fourth-order valence-electron chi connectivity index (χ4n) is 2.18. The van der Waals surface area contributed by atoms with E-state index in [2.05, 4.69) is 5.32 Å². The van der Waals surface area contributed by atoms with Crippen LogP contribution in [-0.4, -0.2) is 18.8 Å². The number of ether oxygens (including phenoxy) is 2. The first-order valence-electron chi connectivity index (χ1n) is 6.69. The highest BCUT2D eigenvalue weighted by atomic mass is 35.5. The van der Waals surface area contributed by atoms with E-state index in [1.54, 1.807) is 6.92 Å². The minimum Gasteiger partial charge on any atom is -0.489 e. The third kappa shape index (κ3) is 3.76. The zero-order valence-electron chi connectivity index (χ0n) is 11.2. The zero-order valence-corrected chi connectivity index (χ0v) is 12.0. The normalized spacial score (nSPS) is 15.2. The van der Waals surface area contributed by atoms with E-state index in [1.807, 2.05) is 0 Å². The van der Waals surface area contributed by atoms with Crippen LogP contribution in [0.5, 0.6) is 5.75 Å². The molecule has 2 rings (SSSR count). The third-order valence-corrected chi connectivity index (χ3v) is 3.42. The molecule has 1 fully saturated rings. The van der Waals surface area contributed by atoms with Gasteiger partial charge >= 0.3 is 6.09 Å². The van der Waals surface area contributed by atoms with Crippen LogP contribution >= 0.6 is 11.6 Å². The lowest BCUT2D eigenvalue weighted by molar-refractivity contribution is 0.167. The van der Waals surface area contributed by atoms with E-state index in [0.717, 1.165) is 31.7 Å². The van der Waals surface area contributed by atoms with Crippen LogP contribution in [0, 0.1) is 5.82 Å². The molecule has 0 aliphatic heterocycles. The maximum Gasteiger partial charge on any atom is 0.411 e. The van der Waals surface area contributed by atoms with Gasteiger partial charge in [-0.05, 0) is 38.7 Å². The molecule has 20 heavy (non-hydrogen) atoms. The molecule has 1 amide bonds. The molecule has 4 nitrogen and oxygen atoms in total. The highest BCUT2D eigenvalue weighted by Crippen LogP contribution is 2.33. The third-order valence-electron chi connectivity index (χ3n) is 3.13. The van der Waals surface area contributed by atoms with Gasteiger partial charge in [-0.15, -0.1) is 0 Å². The summed E-state index contributed by atoms with van der Waals surface area (Å²) >= 11 is 5.97. The topological polar surface area (TPSA) is 47.6 Å². The largest absolute Gasteiger partial charge is 0.489 e. The predicted octanol–water partition coefficient (Wildman–Crippen LogP) is 4.37. The van der Waals surface area contributed by atoms with Gasteiger partial charge in [-0.3, -0.25) is 5.32 Å². The molecule has 1 aromatic rings. The van der Waals surface area contributed by atoms with Crippen molar-refractivity contribution in [1.29, 1.82) is 0 Å². The second-order valence-corrected chi connectivity index (χ2v) is 5.04. The van der Waals surface area contributed by atoms with Gasteiger partial charge in [0.2, 0.25) is 0 Å². The molecule has 1 saturated carbocycles. The molecule has 0 heterocycles. The van der Waals surface area contributed by atoms with Gasteiger partial charge in [0.15, 0.2) is 0 Å². The first-order valence-corrected chi connectivity index (χ1v) is 7.07. The molecule has 0 aromatic heterocycles. The van der Waals surface area contributed by atoms with Crippen LogP contribution in [0.1, 0.15) is 32.6 Å². The Morgan fingerprint density at radius 1 is 1.45 bits per heavy atom. The Hall–Kier alpha value is -1.49. The molecule has 0 atom stereocenters. The molecule has 0 spiro atoms. The average Bonchev–Trinajstić information content (AvgIpc) is 2.88. The number of halogens is 2. The number of hydrogen-bond acceptors (Lipinski definition) is 3. The lowest BCUT2D eigenvalue weighted by atomic mass is 10.2. The number of nitrogens with one attached hydrogen (secondary N) is 1. The first-order chi connectivity index (χ1) is 9.60. The van der Waals surface area contributed by atoms with Crippen LogP contribution in [0.4, 0.5) is 14.9 Å². The molecule has 6 heteroatoms. The number of carbonyl (C=O) groups is 1. The van der Waals surface area contributed by atoms with Crippen molar-refractivity contribution in [3.8, 4) is 5.75 Å². The maximum absolute atomic E-state index is 13.7. The molecule has 0 unspecified atom stereocenters. The van der Waals surface area contributed by atoms with Crippen LogP contribution in [-0.2, 0) is 4.74 Å². The van der Waals surface area contributed by atoms with E-state index >= 15 is 0 Å². The van der Waals surface area contributed by atoms with Gasteiger partial charge < -0.3 is 9.47 Å². The van der Waals surface area contributed by atoms with Crippen molar-refractivity contribution < 1.29 is 18.7 Å². The fourth-order valence-corrected chi connectivity index (χ4v) is 2.37. The lowest BCUT2D eigenvalue weighted by Gasteiger charge is -2.16. The van der Waals surface area contributed by atoms with Gasteiger partial charge in [0.05, 0.1) is 23.4 Å². The Bertz CT molecular complexity index is 490. The molecule has 1 aromatic carbocycles. The van der Waals surface area contributed by atoms with E-state index in [-0.39, 0.29) is 23.4 Å². The summed E-state index contributed by atoms with van der Waals surface area (Å²) in [6.45, 7) is 1.89. The monoisotopic (exact) mass is 301 g/mol. The van der Waals surface area contributed by atoms with Crippen LogP contribution in [0.2, 0.25) is 5.02 Å². The summed E-state index contributed by atoms with van der Waals surface area (Å²) in [5, 5.41) is 2.53. The molecule has 0 radical (unpaired) electrons. The Kier molecular flexibility index (Phi) is 5.06. The summed E-state index contributed by atoms with van der Waals surface area (Å²) in [5.74, 6) is -0.242. The fraction of sp³-hybridized carbons (Fsp3) is 0.500. The number of anilines is 1. The Labute approximate surface area is 122 Å². The van der Waals surface area contributed by atoms with Crippen molar-refractivity contribution in [2.75, 3.05) is 11.9 Å². The Balaban J connectivity index is 2.13. The van der Waals surface area contributed by atoms with Crippen LogP contribution in [0.25, 0.3) is 0 Å². The van der Waals surface area contributed by atoms with E-state index in [0.29, 0.717) is 5.75 Å². The summed E-state index contributed by atoms with van der Waals surface area (Å²) in [7, 11) is 0. The molecule has 1 N–H and O–H groups in total. The van der Waals surface area contributed by atoms with Gasteiger partial charge in [0, 0.05) is 6.07 Å². The number of hydrogen-bond donors (Lipinski definition) is 1. The molecule has 1 aliphatic carbocycles. The SMILES string of the molecule is CCOC(=O)Nc1cc(OC2CCCC2)c(Cl)cc1F. The average molecular weight is 302 g/mol. The molecule has 110 valence electrons. The van der Waals surface area contributed by atoms with Crippen molar-refractivity contribution in [2.24, 2.45) is 0 Å². The minimum absolute atomic E-state index is 0.000784. The minimum atomic E-state index is -0.708. The smallest absolute Gasteiger partial charge is 0.411 e. The zero-order chi connectivity index (χ0) is 14.5. The van der Waals surface area contributed by atoms with E-state index < -0.39 is 11.9 Å². The highest BCUT2D eigenvalue weighted by Gasteiger charge is 2.19. The molecule has 0 saturated heterocycles. The van der Waals surface area contributed by atoms with Gasteiger partial charge in [-0.2, -0.15) is 0 Å².